The van der Waals surface area contributed by atoms with E-state index in [-0.39, 0.29) is 5.97 Å². The van der Waals surface area contributed by atoms with Crippen LogP contribution in [0.4, 0.5) is 0 Å². The summed E-state index contributed by atoms with van der Waals surface area (Å²) < 4.78 is 9.88. The van der Waals surface area contributed by atoms with Crippen molar-refractivity contribution in [3.63, 3.8) is 0 Å². The van der Waals surface area contributed by atoms with Crippen LogP contribution in [0.15, 0.2) is 48.5 Å². The highest BCUT2D eigenvalue weighted by atomic mass is 16.5. The number of fused-ring (bicyclic) bond motifs is 1. The molecule has 0 aliphatic rings. The Hall–Kier alpha value is -2.75. The molecule has 2 aromatic carbocycles. The lowest BCUT2D eigenvalue weighted by molar-refractivity contribution is 0.0595. The van der Waals surface area contributed by atoms with E-state index in [1.165, 1.54) is 7.11 Å². The Morgan fingerprint density at radius 1 is 0.952 bits per heavy atom. The second-order valence-corrected chi connectivity index (χ2v) is 4.71. The lowest BCUT2D eigenvalue weighted by atomic mass is 10.0. The standard InChI is InChI=1S/C17H15NO3/c1-20-14-7-5-11(6-8-14)12-3-4-13-10-16(17(19)21-2)18-15(13)9-12/h3-10,18H,1-2H3. The first-order valence-corrected chi connectivity index (χ1v) is 6.57. The predicted molar refractivity (Wildman–Crippen MR) is 81.6 cm³/mol. The number of methoxy groups -OCH3 is 2. The maximum atomic E-state index is 11.5. The fourth-order valence-corrected chi connectivity index (χ4v) is 2.31. The zero-order valence-electron chi connectivity index (χ0n) is 11.8. The minimum atomic E-state index is -0.364. The van der Waals surface area contributed by atoms with Crippen LogP contribution in [0.25, 0.3) is 22.0 Å². The maximum Gasteiger partial charge on any atom is 0.354 e. The summed E-state index contributed by atoms with van der Waals surface area (Å²) in [5.74, 6) is 0.463. The number of benzene rings is 2. The van der Waals surface area contributed by atoms with Crippen molar-refractivity contribution >= 4 is 16.9 Å². The first-order valence-electron chi connectivity index (χ1n) is 6.57. The van der Waals surface area contributed by atoms with Gasteiger partial charge >= 0.3 is 5.97 Å². The van der Waals surface area contributed by atoms with E-state index in [2.05, 4.69) is 4.98 Å². The van der Waals surface area contributed by atoms with Crippen molar-refractivity contribution in [2.75, 3.05) is 14.2 Å². The monoisotopic (exact) mass is 281 g/mol. The molecule has 0 unspecified atom stereocenters. The number of esters is 1. The molecule has 0 spiro atoms. The molecule has 0 saturated heterocycles. The third-order valence-corrected chi connectivity index (χ3v) is 3.45. The number of hydrogen-bond acceptors (Lipinski definition) is 3. The zero-order valence-corrected chi connectivity index (χ0v) is 11.8. The highest BCUT2D eigenvalue weighted by Gasteiger charge is 2.10. The van der Waals surface area contributed by atoms with Crippen molar-refractivity contribution in [2.45, 2.75) is 0 Å². The van der Waals surface area contributed by atoms with Crippen LogP contribution in [0.2, 0.25) is 0 Å². The van der Waals surface area contributed by atoms with Crippen LogP contribution in [0.1, 0.15) is 10.5 Å². The molecule has 0 atom stereocenters. The molecule has 1 heterocycles. The fourth-order valence-electron chi connectivity index (χ4n) is 2.31. The molecule has 0 aliphatic carbocycles. The molecule has 0 aliphatic heterocycles. The molecule has 1 N–H and O–H groups in total. The fraction of sp³-hybridized carbons (Fsp3) is 0.118. The van der Waals surface area contributed by atoms with E-state index in [0.717, 1.165) is 27.8 Å². The Morgan fingerprint density at radius 3 is 2.33 bits per heavy atom. The van der Waals surface area contributed by atoms with Gasteiger partial charge < -0.3 is 14.5 Å². The van der Waals surface area contributed by atoms with Gasteiger partial charge in [0.25, 0.3) is 0 Å². The first-order chi connectivity index (χ1) is 10.2. The van der Waals surface area contributed by atoms with Crippen LogP contribution in [0, 0.1) is 0 Å². The van der Waals surface area contributed by atoms with Crippen LogP contribution >= 0.6 is 0 Å². The summed E-state index contributed by atoms with van der Waals surface area (Å²) in [4.78, 5) is 14.6. The number of ether oxygens (including phenoxy) is 2. The van der Waals surface area contributed by atoms with Crippen molar-refractivity contribution in [1.29, 1.82) is 0 Å². The minimum Gasteiger partial charge on any atom is -0.497 e. The van der Waals surface area contributed by atoms with E-state index in [9.17, 15) is 4.79 Å². The second-order valence-electron chi connectivity index (χ2n) is 4.71. The second kappa shape index (κ2) is 5.32. The molecule has 0 amide bonds. The van der Waals surface area contributed by atoms with Gasteiger partial charge in [-0.05, 0) is 35.4 Å². The number of H-pyrrole nitrogens is 1. The molecule has 3 rings (SSSR count). The van der Waals surface area contributed by atoms with Gasteiger partial charge in [0.2, 0.25) is 0 Å². The van der Waals surface area contributed by atoms with Crippen molar-refractivity contribution in [3.8, 4) is 16.9 Å². The smallest absolute Gasteiger partial charge is 0.354 e. The normalized spacial score (nSPS) is 10.6. The number of nitrogens with one attached hydrogen (secondary N) is 1. The number of carbonyl (C=O) groups excluding carboxylic acids is 1. The number of hydrogen-bond donors (Lipinski definition) is 1. The van der Waals surface area contributed by atoms with Crippen molar-refractivity contribution in [1.82, 2.24) is 4.98 Å². The summed E-state index contributed by atoms with van der Waals surface area (Å²) in [5, 5.41) is 0.979. The molecule has 1 aromatic heterocycles. The lowest BCUT2D eigenvalue weighted by Crippen LogP contribution is -2.00. The Labute approximate surface area is 122 Å². The summed E-state index contributed by atoms with van der Waals surface area (Å²) >= 11 is 0. The van der Waals surface area contributed by atoms with Gasteiger partial charge in [0, 0.05) is 10.9 Å². The average Bonchev–Trinajstić information content (AvgIpc) is 2.97. The van der Waals surface area contributed by atoms with Crippen LogP contribution in [0.5, 0.6) is 5.75 Å². The van der Waals surface area contributed by atoms with Gasteiger partial charge in [-0.1, -0.05) is 24.3 Å². The Kier molecular flexibility index (Phi) is 3.36. The third kappa shape index (κ3) is 2.48. The third-order valence-electron chi connectivity index (χ3n) is 3.45. The Bertz CT molecular complexity index is 787. The predicted octanol–water partition coefficient (Wildman–Crippen LogP) is 3.63. The maximum absolute atomic E-state index is 11.5. The highest BCUT2D eigenvalue weighted by molar-refractivity contribution is 5.96. The molecule has 106 valence electrons. The summed E-state index contributed by atoms with van der Waals surface area (Å²) in [6.07, 6.45) is 0. The number of aromatic amines is 1. The van der Waals surface area contributed by atoms with Crippen molar-refractivity contribution in [2.24, 2.45) is 0 Å². The molecule has 0 bridgehead atoms. The topological polar surface area (TPSA) is 51.3 Å². The SMILES string of the molecule is COC(=O)c1cc2ccc(-c3ccc(OC)cc3)cc2[nH]1. The van der Waals surface area contributed by atoms with E-state index < -0.39 is 0 Å². The van der Waals surface area contributed by atoms with E-state index in [0.29, 0.717) is 5.69 Å². The molecule has 21 heavy (non-hydrogen) atoms. The molecule has 0 radical (unpaired) electrons. The van der Waals surface area contributed by atoms with Gasteiger partial charge in [0.05, 0.1) is 14.2 Å². The van der Waals surface area contributed by atoms with Gasteiger partial charge in [-0.3, -0.25) is 0 Å². The average molecular weight is 281 g/mol. The van der Waals surface area contributed by atoms with E-state index in [4.69, 9.17) is 9.47 Å². The molecular formula is C17H15NO3. The first kappa shape index (κ1) is 13.2. The van der Waals surface area contributed by atoms with Crippen molar-refractivity contribution in [3.05, 3.63) is 54.2 Å². The summed E-state index contributed by atoms with van der Waals surface area (Å²) in [6.45, 7) is 0. The van der Waals surface area contributed by atoms with Gasteiger partial charge in [-0.15, -0.1) is 0 Å². The lowest BCUT2D eigenvalue weighted by Gasteiger charge is -2.04. The van der Waals surface area contributed by atoms with Crippen LogP contribution in [0.3, 0.4) is 0 Å². The Balaban J connectivity index is 2.01. The molecular weight excluding hydrogens is 266 g/mol. The highest BCUT2D eigenvalue weighted by Crippen LogP contribution is 2.26. The van der Waals surface area contributed by atoms with Gasteiger partial charge in [0.1, 0.15) is 11.4 Å². The van der Waals surface area contributed by atoms with Crippen LogP contribution < -0.4 is 4.74 Å². The number of aromatic nitrogens is 1. The van der Waals surface area contributed by atoms with Gasteiger partial charge in [-0.25, -0.2) is 4.79 Å². The largest absolute Gasteiger partial charge is 0.497 e. The van der Waals surface area contributed by atoms with E-state index in [1.807, 2.05) is 42.5 Å². The quantitative estimate of drug-likeness (QED) is 0.746. The molecule has 4 nitrogen and oxygen atoms in total. The van der Waals surface area contributed by atoms with Crippen molar-refractivity contribution < 1.29 is 14.3 Å². The number of rotatable bonds is 3. The van der Waals surface area contributed by atoms with Crippen LogP contribution in [-0.2, 0) is 4.74 Å². The molecule has 0 saturated carbocycles. The Morgan fingerprint density at radius 2 is 1.67 bits per heavy atom. The van der Waals surface area contributed by atoms with E-state index >= 15 is 0 Å². The number of carbonyl (C=O) groups is 1. The summed E-state index contributed by atoms with van der Waals surface area (Å²) in [5.41, 5.74) is 3.53. The summed E-state index contributed by atoms with van der Waals surface area (Å²) in [6, 6.07) is 15.7. The summed E-state index contributed by atoms with van der Waals surface area (Å²) in [7, 11) is 3.02. The van der Waals surface area contributed by atoms with Gasteiger partial charge in [-0.2, -0.15) is 0 Å². The molecule has 4 heteroatoms. The molecule has 0 fully saturated rings. The van der Waals surface area contributed by atoms with Gasteiger partial charge in [0.15, 0.2) is 0 Å². The van der Waals surface area contributed by atoms with Crippen LogP contribution in [-0.4, -0.2) is 25.2 Å². The molecule has 3 aromatic rings. The van der Waals surface area contributed by atoms with E-state index in [1.54, 1.807) is 13.2 Å². The zero-order chi connectivity index (χ0) is 14.8. The minimum absolute atomic E-state index is 0.364.